The average Bonchev–Trinajstić information content (AvgIpc) is 3.12. The van der Waals surface area contributed by atoms with Crippen molar-refractivity contribution in [2.75, 3.05) is 24.5 Å². The maximum absolute atomic E-state index is 13.8. The molecule has 0 amide bonds. The molecule has 1 aliphatic carbocycles. The Morgan fingerprint density at radius 3 is 2.20 bits per heavy atom. The number of hydrogen-bond donors (Lipinski definition) is 1. The highest BCUT2D eigenvalue weighted by atomic mass is 19.2. The summed E-state index contributed by atoms with van der Waals surface area (Å²) in [5, 5.41) is 0. The van der Waals surface area contributed by atoms with Gasteiger partial charge in [0, 0.05) is 36.8 Å². The van der Waals surface area contributed by atoms with Gasteiger partial charge in [0.05, 0.1) is 0 Å². The highest BCUT2D eigenvalue weighted by molar-refractivity contribution is 5.58. The van der Waals surface area contributed by atoms with Crippen LogP contribution in [0.4, 0.5) is 14.5 Å². The van der Waals surface area contributed by atoms with E-state index in [4.69, 9.17) is 5.73 Å². The van der Waals surface area contributed by atoms with Crippen molar-refractivity contribution in [3.63, 3.8) is 0 Å². The van der Waals surface area contributed by atoms with Gasteiger partial charge in [-0.3, -0.25) is 0 Å². The fourth-order valence-electron chi connectivity index (χ4n) is 3.82. The van der Waals surface area contributed by atoms with Crippen molar-refractivity contribution in [1.82, 2.24) is 0 Å². The average molecular weight is 280 g/mol. The van der Waals surface area contributed by atoms with Gasteiger partial charge in [0.2, 0.25) is 0 Å². The standard InChI is InChI=1S/C16H22F2N2/c17-13-9-12(16(11-19)5-1-2-6-16)15(10-14(13)18)20-7-3-4-8-20/h9-10H,1-8,11,19H2. The molecule has 0 radical (unpaired) electrons. The molecule has 0 aromatic heterocycles. The van der Waals surface area contributed by atoms with Gasteiger partial charge in [-0.2, -0.15) is 0 Å². The largest absolute Gasteiger partial charge is 0.371 e. The van der Waals surface area contributed by atoms with Crippen LogP contribution in [0.5, 0.6) is 0 Å². The van der Waals surface area contributed by atoms with Gasteiger partial charge in [-0.15, -0.1) is 0 Å². The van der Waals surface area contributed by atoms with Gasteiger partial charge < -0.3 is 10.6 Å². The van der Waals surface area contributed by atoms with Crippen molar-refractivity contribution >= 4 is 5.69 Å². The van der Waals surface area contributed by atoms with Crippen LogP contribution < -0.4 is 10.6 Å². The molecule has 1 aromatic rings. The fraction of sp³-hybridized carbons (Fsp3) is 0.625. The molecule has 1 heterocycles. The van der Waals surface area contributed by atoms with Crippen molar-refractivity contribution in [2.24, 2.45) is 5.73 Å². The van der Waals surface area contributed by atoms with Crippen LogP contribution in [0, 0.1) is 11.6 Å². The molecule has 0 atom stereocenters. The maximum Gasteiger partial charge on any atom is 0.160 e. The van der Waals surface area contributed by atoms with Gasteiger partial charge >= 0.3 is 0 Å². The second-order valence-electron chi connectivity index (χ2n) is 6.17. The lowest BCUT2D eigenvalue weighted by Gasteiger charge is -2.33. The summed E-state index contributed by atoms with van der Waals surface area (Å²) >= 11 is 0. The van der Waals surface area contributed by atoms with Gasteiger partial charge in [0.15, 0.2) is 11.6 Å². The Morgan fingerprint density at radius 1 is 1.00 bits per heavy atom. The Balaban J connectivity index is 2.09. The number of benzene rings is 1. The van der Waals surface area contributed by atoms with E-state index >= 15 is 0 Å². The molecule has 110 valence electrons. The van der Waals surface area contributed by atoms with Crippen LogP contribution in [0.2, 0.25) is 0 Å². The third kappa shape index (κ3) is 2.20. The van der Waals surface area contributed by atoms with Gasteiger partial charge in [-0.25, -0.2) is 8.78 Å². The SMILES string of the molecule is NCC1(c2cc(F)c(F)cc2N2CCCC2)CCCC1. The lowest BCUT2D eigenvalue weighted by molar-refractivity contribution is 0.442. The van der Waals surface area contributed by atoms with Crippen LogP contribution in [0.15, 0.2) is 12.1 Å². The van der Waals surface area contributed by atoms with Gasteiger partial charge in [-0.05, 0) is 37.3 Å². The van der Waals surface area contributed by atoms with Crippen molar-refractivity contribution in [3.05, 3.63) is 29.3 Å². The maximum atomic E-state index is 13.8. The molecule has 1 aromatic carbocycles. The van der Waals surface area contributed by atoms with Crippen LogP contribution in [0.25, 0.3) is 0 Å². The van der Waals surface area contributed by atoms with Gasteiger partial charge in [0.25, 0.3) is 0 Å². The molecule has 2 fully saturated rings. The molecule has 0 unspecified atom stereocenters. The van der Waals surface area contributed by atoms with Crippen molar-refractivity contribution < 1.29 is 8.78 Å². The summed E-state index contributed by atoms with van der Waals surface area (Å²) in [6.45, 7) is 2.37. The summed E-state index contributed by atoms with van der Waals surface area (Å²) in [7, 11) is 0. The van der Waals surface area contributed by atoms with Crippen LogP contribution in [-0.4, -0.2) is 19.6 Å². The Labute approximate surface area is 118 Å². The molecule has 0 spiro atoms. The molecule has 3 rings (SSSR count). The molecule has 2 aliphatic rings. The van der Waals surface area contributed by atoms with Crippen LogP contribution in [0.3, 0.4) is 0 Å². The monoisotopic (exact) mass is 280 g/mol. The number of nitrogens with two attached hydrogens (primary N) is 1. The topological polar surface area (TPSA) is 29.3 Å². The number of rotatable bonds is 3. The third-order valence-electron chi connectivity index (χ3n) is 5.01. The van der Waals surface area contributed by atoms with E-state index in [9.17, 15) is 8.78 Å². The molecule has 4 heteroatoms. The number of halogens is 2. The van der Waals surface area contributed by atoms with Crippen molar-refractivity contribution in [3.8, 4) is 0 Å². The lowest BCUT2D eigenvalue weighted by Crippen LogP contribution is -2.35. The Bertz CT molecular complexity index is 489. The van der Waals surface area contributed by atoms with E-state index in [2.05, 4.69) is 4.90 Å². The molecule has 1 saturated heterocycles. The summed E-state index contributed by atoms with van der Waals surface area (Å²) in [4.78, 5) is 2.19. The van der Waals surface area contributed by atoms with Crippen LogP contribution >= 0.6 is 0 Å². The molecular weight excluding hydrogens is 258 g/mol. The predicted molar refractivity (Wildman–Crippen MR) is 77.0 cm³/mol. The fourth-order valence-corrected chi connectivity index (χ4v) is 3.82. The molecular formula is C16H22F2N2. The van der Waals surface area contributed by atoms with E-state index in [-0.39, 0.29) is 5.41 Å². The molecule has 1 aliphatic heterocycles. The Morgan fingerprint density at radius 2 is 1.60 bits per heavy atom. The summed E-state index contributed by atoms with van der Waals surface area (Å²) < 4.78 is 27.5. The van der Waals surface area contributed by atoms with Crippen molar-refractivity contribution in [1.29, 1.82) is 0 Å². The van der Waals surface area contributed by atoms with Crippen molar-refractivity contribution in [2.45, 2.75) is 43.9 Å². The molecule has 20 heavy (non-hydrogen) atoms. The minimum absolute atomic E-state index is 0.160. The lowest BCUT2D eigenvalue weighted by atomic mass is 9.77. The van der Waals surface area contributed by atoms with E-state index < -0.39 is 11.6 Å². The summed E-state index contributed by atoms with van der Waals surface area (Å²) in [6, 6.07) is 2.78. The summed E-state index contributed by atoms with van der Waals surface area (Å²) in [5.74, 6) is -1.50. The Kier molecular flexibility index (Phi) is 3.67. The second-order valence-corrected chi connectivity index (χ2v) is 6.17. The second kappa shape index (κ2) is 5.32. The molecule has 0 bridgehead atoms. The molecule has 2 nitrogen and oxygen atoms in total. The normalized spacial score (nSPS) is 21.6. The summed E-state index contributed by atoms with van der Waals surface area (Å²) in [5.41, 5.74) is 7.66. The van der Waals surface area contributed by atoms with E-state index in [0.29, 0.717) is 6.54 Å². The molecule has 2 N–H and O–H groups in total. The first kappa shape index (κ1) is 13.8. The van der Waals surface area contributed by atoms with E-state index in [1.807, 2.05) is 0 Å². The van der Waals surface area contributed by atoms with Crippen LogP contribution in [0.1, 0.15) is 44.1 Å². The van der Waals surface area contributed by atoms with Crippen LogP contribution in [-0.2, 0) is 5.41 Å². The third-order valence-corrected chi connectivity index (χ3v) is 5.01. The highest BCUT2D eigenvalue weighted by Crippen LogP contribution is 2.45. The van der Waals surface area contributed by atoms with E-state index in [0.717, 1.165) is 62.9 Å². The first-order valence-corrected chi connectivity index (χ1v) is 7.61. The zero-order valence-corrected chi connectivity index (χ0v) is 11.8. The highest BCUT2D eigenvalue weighted by Gasteiger charge is 2.38. The number of hydrogen-bond acceptors (Lipinski definition) is 2. The van der Waals surface area contributed by atoms with Gasteiger partial charge in [0.1, 0.15) is 0 Å². The minimum Gasteiger partial charge on any atom is -0.371 e. The summed E-state index contributed by atoms with van der Waals surface area (Å²) in [6.07, 6.45) is 6.44. The quantitative estimate of drug-likeness (QED) is 0.920. The minimum atomic E-state index is -0.749. The first-order valence-electron chi connectivity index (χ1n) is 7.61. The molecule has 1 saturated carbocycles. The predicted octanol–water partition coefficient (Wildman–Crippen LogP) is 3.34. The van der Waals surface area contributed by atoms with E-state index in [1.165, 1.54) is 12.1 Å². The smallest absolute Gasteiger partial charge is 0.160 e. The number of anilines is 1. The van der Waals surface area contributed by atoms with Gasteiger partial charge in [-0.1, -0.05) is 12.8 Å². The zero-order chi connectivity index (χ0) is 14.2. The zero-order valence-electron chi connectivity index (χ0n) is 11.8. The Hall–Kier alpha value is -1.16. The number of nitrogens with zero attached hydrogens (tertiary/aromatic N) is 1. The first-order chi connectivity index (χ1) is 9.66. The van der Waals surface area contributed by atoms with E-state index in [1.54, 1.807) is 0 Å².